The van der Waals surface area contributed by atoms with Gasteiger partial charge in [0.2, 0.25) is 11.8 Å². The van der Waals surface area contributed by atoms with E-state index in [0.717, 1.165) is 19.3 Å². The quantitative estimate of drug-likeness (QED) is 0.791. The van der Waals surface area contributed by atoms with E-state index in [1.165, 1.54) is 12.1 Å². The minimum atomic E-state index is -0.543. The van der Waals surface area contributed by atoms with Crippen LogP contribution in [-0.4, -0.2) is 49.1 Å². The number of piperidine rings is 1. The molecule has 2 aliphatic rings. The fourth-order valence-electron chi connectivity index (χ4n) is 3.45. The molecular weight excluding hydrogens is 325 g/mol. The number of hydrogen-bond acceptors (Lipinski definition) is 4. The second-order valence-corrected chi connectivity index (χ2v) is 6.57. The Labute approximate surface area is 146 Å². The Morgan fingerprint density at radius 3 is 2.84 bits per heavy atom. The molecule has 0 spiro atoms. The van der Waals surface area contributed by atoms with Gasteiger partial charge in [0, 0.05) is 31.8 Å². The molecule has 0 bridgehead atoms. The van der Waals surface area contributed by atoms with Crippen molar-refractivity contribution in [1.29, 1.82) is 0 Å². The summed E-state index contributed by atoms with van der Waals surface area (Å²) >= 11 is 0. The zero-order valence-electron chi connectivity index (χ0n) is 14.2. The van der Waals surface area contributed by atoms with Gasteiger partial charge in [-0.05, 0) is 43.5 Å². The number of benzene rings is 1. The molecule has 0 aromatic heterocycles. The maximum absolute atomic E-state index is 13.4. The number of hydrogen-bond donors (Lipinski definition) is 2. The van der Waals surface area contributed by atoms with Gasteiger partial charge in [-0.3, -0.25) is 9.59 Å². The summed E-state index contributed by atoms with van der Waals surface area (Å²) in [6.45, 7) is 2.49. The lowest BCUT2D eigenvalue weighted by atomic mass is 9.88. The Kier molecular flexibility index (Phi) is 5.65. The van der Waals surface area contributed by atoms with Crippen LogP contribution in [0.2, 0.25) is 0 Å². The van der Waals surface area contributed by atoms with E-state index in [0.29, 0.717) is 37.5 Å². The lowest BCUT2D eigenvalue weighted by molar-refractivity contribution is -0.137. The predicted molar refractivity (Wildman–Crippen MR) is 91.6 cm³/mol. The molecule has 1 unspecified atom stereocenters. The number of halogens is 1. The van der Waals surface area contributed by atoms with Crippen LogP contribution in [0.1, 0.15) is 37.2 Å². The number of nitrogens with zero attached hydrogens (tertiary/aromatic N) is 1. The summed E-state index contributed by atoms with van der Waals surface area (Å²) in [7, 11) is 0. The number of carbonyl (C=O) groups is 2. The molecule has 25 heavy (non-hydrogen) atoms. The average Bonchev–Trinajstić information content (AvgIpc) is 2.61. The van der Waals surface area contributed by atoms with Gasteiger partial charge in [-0.15, -0.1) is 0 Å². The van der Waals surface area contributed by atoms with Gasteiger partial charge in [-0.25, -0.2) is 4.39 Å². The van der Waals surface area contributed by atoms with Crippen LogP contribution in [0, 0.1) is 5.82 Å². The van der Waals surface area contributed by atoms with E-state index in [1.54, 1.807) is 11.0 Å². The number of rotatable bonds is 5. The van der Waals surface area contributed by atoms with Crippen molar-refractivity contribution in [2.24, 2.45) is 5.73 Å². The first-order valence-electron chi connectivity index (χ1n) is 8.78. The fourth-order valence-corrected chi connectivity index (χ4v) is 3.45. The third-order valence-corrected chi connectivity index (χ3v) is 4.81. The fraction of sp³-hybridized carbons (Fsp3) is 0.556. The van der Waals surface area contributed by atoms with Gasteiger partial charge in [-0.1, -0.05) is 6.07 Å². The van der Waals surface area contributed by atoms with E-state index in [2.05, 4.69) is 5.32 Å². The predicted octanol–water partition coefficient (Wildman–Crippen LogP) is 1.61. The second-order valence-electron chi connectivity index (χ2n) is 6.57. The minimum absolute atomic E-state index is 0.0666. The molecule has 1 aromatic rings. The van der Waals surface area contributed by atoms with Crippen molar-refractivity contribution in [1.82, 2.24) is 4.90 Å². The highest BCUT2D eigenvalue weighted by molar-refractivity contribution is 6.01. The van der Waals surface area contributed by atoms with Crippen molar-refractivity contribution in [3.63, 3.8) is 0 Å². The van der Waals surface area contributed by atoms with Crippen molar-refractivity contribution in [3.05, 3.63) is 29.6 Å². The molecule has 0 radical (unpaired) electrons. The molecule has 2 amide bonds. The topological polar surface area (TPSA) is 84.7 Å². The van der Waals surface area contributed by atoms with Crippen LogP contribution in [-0.2, 0) is 14.3 Å². The third-order valence-electron chi connectivity index (χ3n) is 4.81. The molecule has 7 heteroatoms. The molecule has 3 rings (SSSR count). The molecule has 0 saturated carbocycles. The highest BCUT2D eigenvalue weighted by Gasteiger charge is 2.35. The second kappa shape index (κ2) is 7.93. The number of nitrogens with one attached hydrogen (secondary N) is 1. The van der Waals surface area contributed by atoms with Gasteiger partial charge in [-0.2, -0.15) is 0 Å². The smallest absolute Gasteiger partial charge is 0.230 e. The van der Waals surface area contributed by atoms with Gasteiger partial charge in [0.05, 0.1) is 12.0 Å². The van der Waals surface area contributed by atoms with Crippen molar-refractivity contribution in [3.8, 4) is 0 Å². The van der Waals surface area contributed by atoms with Crippen LogP contribution in [0.3, 0.4) is 0 Å². The standard InChI is InChI=1S/C18H24FN3O3/c19-12-2-3-14-15(11-17(23)21-16(14)10-12)18(24)22-7-4-13(5-8-22)25-9-1-6-20/h2-3,10,13,15H,1,4-9,11,20H2,(H,21,23). The molecule has 3 N–H and O–H groups in total. The van der Waals surface area contributed by atoms with Crippen LogP contribution in [0.5, 0.6) is 0 Å². The van der Waals surface area contributed by atoms with Crippen LogP contribution in [0.25, 0.3) is 0 Å². The van der Waals surface area contributed by atoms with Crippen molar-refractivity contribution < 1.29 is 18.7 Å². The van der Waals surface area contributed by atoms with E-state index >= 15 is 0 Å². The first-order valence-corrected chi connectivity index (χ1v) is 8.78. The summed E-state index contributed by atoms with van der Waals surface area (Å²) in [6, 6.07) is 4.19. The lowest BCUT2D eigenvalue weighted by Crippen LogP contribution is -2.44. The third kappa shape index (κ3) is 4.16. The minimum Gasteiger partial charge on any atom is -0.378 e. The Balaban J connectivity index is 1.63. The highest BCUT2D eigenvalue weighted by atomic mass is 19.1. The summed E-state index contributed by atoms with van der Waals surface area (Å²) in [4.78, 5) is 26.6. The van der Waals surface area contributed by atoms with Crippen molar-refractivity contribution >= 4 is 17.5 Å². The Morgan fingerprint density at radius 2 is 2.12 bits per heavy atom. The van der Waals surface area contributed by atoms with E-state index in [1.807, 2.05) is 0 Å². The van der Waals surface area contributed by atoms with E-state index < -0.39 is 11.7 Å². The Hall–Kier alpha value is -1.99. The normalized spacial score (nSPS) is 21.0. The molecular formula is C18H24FN3O3. The molecule has 2 heterocycles. The van der Waals surface area contributed by atoms with Crippen LogP contribution >= 0.6 is 0 Å². The van der Waals surface area contributed by atoms with Gasteiger partial charge in [0.25, 0.3) is 0 Å². The Bertz CT molecular complexity index is 644. The number of fused-ring (bicyclic) bond motifs is 1. The Morgan fingerprint density at radius 1 is 1.36 bits per heavy atom. The molecule has 0 aliphatic carbocycles. The SMILES string of the molecule is NCCCOC1CCN(C(=O)C2CC(=O)Nc3cc(F)ccc32)CC1. The van der Waals surface area contributed by atoms with Gasteiger partial charge < -0.3 is 20.7 Å². The first kappa shape index (κ1) is 17.8. The number of amides is 2. The molecule has 1 atom stereocenters. The van der Waals surface area contributed by atoms with Gasteiger partial charge in [0.15, 0.2) is 0 Å². The average molecular weight is 349 g/mol. The van der Waals surface area contributed by atoms with Gasteiger partial charge in [0.1, 0.15) is 5.82 Å². The maximum atomic E-state index is 13.4. The van der Waals surface area contributed by atoms with E-state index in [9.17, 15) is 14.0 Å². The highest BCUT2D eigenvalue weighted by Crippen LogP contribution is 2.34. The largest absolute Gasteiger partial charge is 0.378 e. The van der Waals surface area contributed by atoms with Crippen LogP contribution in [0.15, 0.2) is 18.2 Å². The zero-order chi connectivity index (χ0) is 17.8. The van der Waals surface area contributed by atoms with Crippen molar-refractivity contribution in [2.45, 2.75) is 37.7 Å². The molecule has 2 aliphatic heterocycles. The number of ether oxygens (including phenoxy) is 1. The summed E-state index contributed by atoms with van der Waals surface area (Å²) < 4.78 is 19.2. The van der Waals surface area contributed by atoms with Gasteiger partial charge >= 0.3 is 0 Å². The monoisotopic (exact) mass is 349 g/mol. The molecule has 1 saturated heterocycles. The first-order chi connectivity index (χ1) is 12.1. The van der Waals surface area contributed by atoms with Crippen LogP contribution < -0.4 is 11.1 Å². The molecule has 1 aromatic carbocycles. The molecule has 6 nitrogen and oxygen atoms in total. The lowest BCUT2D eigenvalue weighted by Gasteiger charge is -2.35. The van der Waals surface area contributed by atoms with E-state index in [-0.39, 0.29) is 24.3 Å². The molecule has 1 fully saturated rings. The number of anilines is 1. The summed E-state index contributed by atoms with van der Waals surface area (Å²) in [5.41, 5.74) is 6.54. The number of nitrogens with two attached hydrogens (primary N) is 1. The maximum Gasteiger partial charge on any atom is 0.230 e. The summed E-state index contributed by atoms with van der Waals surface area (Å²) in [5, 5.41) is 2.64. The summed E-state index contributed by atoms with van der Waals surface area (Å²) in [5.74, 6) is -1.29. The molecule has 136 valence electrons. The van der Waals surface area contributed by atoms with Crippen LogP contribution in [0.4, 0.5) is 10.1 Å². The van der Waals surface area contributed by atoms with E-state index in [4.69, 9.17) is 10.5 Å². The number of likely N-dealkylation sites (tertiary alicyclic amines) is 1. The number of carbonyl (C=O) groups excluding carboxylic acids is 2. The zero-order valence-corrected chi connectivity index (χ0v) is 14.2. The summed E-state index contributed by atoms with van der Waals surface area (Å²) in [6.07, 6.45) is 2.66. The van der Waals surface area contributed by atoms with Crippen molar-refractivity contribution in [2.75, 3.05) is 31.6 Å².